The summed E-state index contributed by atoms with van der Waals surface area (Å²) in [6, 6.07) is 41.6. The second-order valence-electron chi connectivity index (χ2n) is 10.3. The lowest BCUT2D eigenvalue weighted by atomic mass is 9.55. The summed E-state index contributed by atoms with van der Waals surface area (Å²) in [5.41, 5.74) is 13.5. The molecule has 0 N–H and O–H groups in total. The molecule has 5 heteroatoms. The SMILES string of the molecule is c1ccc(-c2ccc3c(c2)-c2cccc4c2B2N3c3nccnc3N2c2ccc(-c3ccccc3)cc2-4)cc1. The minimum Gasteiger partial charge on any atom is -0.342 e. The standard InChI is InChI=1S/C34H21BN4/c1-3-8-22(9-4-1)24-14-16-30-28(20-24)26-12-7-13-27-29-21-25(23-10-5-2-6-11-23)15-17-31(29)39-34-33(36-18-19-37-34)38(30)35(39)32(26)27/h1-21H. The molecule has 180 valence electrons. The summed E-state index contributed by atoms with van der Waals surface area (Å²) in [5.74, 6) is 1.80. The van der Waals surface area contributed by atoms with E-state index in [1.165, 1.54) is 50.0 Å². The summed E-state index contributed by atoms with van der Waals surface area (Å²) in [6.45, 7) is -0.0289. The molecule has 6 aromatic rings. The summed E-state index contributed by atoms with van der Waals surface area (Å²) >= 11 is 0. The number of fused-ring (bicyclic) bond motifs is 9. The fourth-order valence-electron chi connectivity index (χ4n) is 6.62. The van der Waals surface area contributed by atoms with Crippen molar-refractivity contribution in [1.29, 1.82) is 0 Å². The van der Waals surface area contributed by atoms with Crippen LogP contribution in [0.2, 0.25) is 0 Å². The van der Waals surface area contributed by atoms with Gasteiger partial charge in [0, 0.05) is 34.9 Å². The van der Waals surface area contributed by atoms with Crippen LogP contribution in [0.15, 0.2) is 128 Å². The van der Waals surface area contributed by atoms with Gasteiger partial charge in [-0.1, -0.05) is 91.0 Å². The van der Waals surface area contributed by atoms with Crippen LogP contribution in [0.1, 0.15) is 0 Å². The number of hydrogen-bond donors (Lipinski definition) is 0. The molecule has 4 nitrogen and oxygen atoms in total. The van der Waals surface area contributed by atoms with Crippen LogP contribution in [0.5, 0.6) is 0 Å². The van der Waals surface area contributed by atoms with Gasteiger partial charge in [0.1, 0.15) is 0 Å². The van der Waals surface area contributed by atoms with Gasteiger partial charge in [0.05, 0.1) is 0 Å². The van der Waals surface area contributed by atoms with Gasteiger partial charge in [0.15, 0.2) is 11.6 Å². The quantitative estimate of drug-likeness (QED) is 0.233. The first-order valence-electron chi connectivity index (χ1n) is 13.3. The molecule has 9 rings (SSSR count). The van der Waals surface area contributed by atoms with E-state index in [4.69, 9.17) is 9.97 Å². The Balaban J connectivity index is 1.35. The Labute approximate surface area is 227 Å². The van der Waals surface area contributed by atoms with Crippen LogP contribution in [0.25, 0.3) is 44.5 Å². The van der Waals surface area contributed by atoms with Gasteiger partial charge in [-0.2, -0.15) is 0 Å². The van der Waals surface area contributed by atoms with Crippen LogP contribution >= 0.6 is 0 Å². The molecule has 0 saturated heterocycles. The van der Waals surface area contributed by atoms with Crippen molar-refractivity contribution in [2.45, 2.75) is 0 Å². The van der Waals surface area contributed by atoms with Gasteiger partial charge in [0.25, 0.3) is 0 Å². The van der Waals surface area contributed by atoms with Crippen LogP contribution in [0.4, 0.5) is 23.0 Å². The van der Waals surface area contributed by atoms with Gasteiger partial charge < -0.3 is 9.62 Å². The Bertz CT molecular complexity index is 1800. The van der Waals surface area contributed by atoms with E-state index < -0.39 is 0 Å². The summed E-state index contributed by atoms with van der Waals surface area (Å²) < 4.78 is 0. The monoisotopic (exact) mass is 496 g/mol. The fraction of sp³-hybridized carbons (Fsp3) is 0. The van der Waals surface area contributed by atoms with E-state index in [1.54, 1.807) is 12.4 Å². The summed E-state index contributed by atoms with van der Waals surface area (Å²) in [6.07, 6.45) is 3.60. The Hall–Kier alpha value is -5.16. The molecule has 0 unspecified atom stereocenters. The summed E-state index contributed by atoms with van der Waals surface area (Å²) in [7, 11) is 0. The molecule has 0 atom stereocenters. The highest BCUT2D eigenvalue weighted by molar-refractivity contribution is 6.88. The minimum atomic E-state index is -0.0289. The average molecular weight is 496 g/mol. The second-order valence-corrected chi connectivity index (χ2v) is 10.3. The van der Waals surface area contributed by atoms with Crippen molar-refractivity contribution in [3.05, 3.63) is 128 Å². The van der Waals surface area contributed by atoms with E-state index in [9.17, 15) is 0 Å². The minimum absolute atomic E-state index is 0.0289. The molecule has 0 fully saturated rings. The molecule has 0 saturated carbocycles. The van der Waals surface area contributed by atoms with E-state index in [2.05, 4.69) is 125 Å². The zero-order chi connectivity index (χ0) is 25.5. The second kappa shape index (κ2) is 7.68. The molecule has 5 aromatic carbocycles. The van der Waals surface area contributed by atoms with Crippen molar-refractivity contribution in [2.75, 3.05) is 9.62 Å². The highest BCUT2D eigenvalue weighted by Gasteiger charge is 2.53. The normalized spacial score (nSPS) is 13.5. The lowest BCUT2D eigenvalue weighted by Gasteiger charge is -2.40. The topological polar surface area (TPSA) is 32.3 Å². The molecule has 0 spiro atoms. The van der Waals surface area contributed by atoms with Crippen molar-refractivity contribution >= 4 is 35.5 Å². The van der Waals surface area contributed by atoms with Crippen molar-refractivity contribution in [1.82, 2.24) is 9.97 Å². The Kier molecular flexibility index (Phi) is 4.11. The highest BCUT2D eigenvalue weighted by atomic mass is 15.4. The smallest absolute Gasteiger partial charge is 0.342 e. The molecular weight excluding hydrogens is 475 g/mol. The van der Waals surface area contributed by atoms with E-state index in [1.807, 2.05) is 0 Å². The van der Waals surface area contributed by atoms with Crippen molar-refractivity contribution in [3.63, 3.8) is 0 Å². The number of hydrogen-bond acceptors (Lipinski definition) is 4. The van der Waals surface area contributed by atoms with E-state index in [-0.39, 0.29) is 6.98 Å². The zero-order valence-corrected chi connectivity index (χ0v) is 21.0. The van der Waals surface area contributed by atoms with Crippen LogP contribution in [-0.2, 0) is 0 Å². The first kappa shape index (κ1) is 20.9. The van der Waals surface area contributed by atoms with Crippen molar-refractivity contribution < 1.29 is 0 Å². The fourth-order valence-corrected chi connectivity index (χ4v) is 6.62. The third-order valence-corrected chi connectivity index (χ3v) is 8.28. The van der Waals surface area contributed by atoms with Gasteiger partial charge >= 0.3 is 6.98 Å². The lowest BCUT2D eigenvalue weighted by molar-refractivity contribution is 1.17. The Morgan fingerprint density at radius 2 is 0.923 bits per heavy atom. The maximum atomic E-state index is 4.88. The van der Waals surface area contributed by atoms with Gasteiger partial charge in [-0.05, 0) is 63.1 Å². The van der Waals surface area contributed by atoms with Gasteiger partial charge in [0.2, 0.25) is 0 Å². The van der Waals surface area contributed by atoms with E-state index in [0.717, 1.165) is 23.0 Å². The molecule has 0 radical (unpaired) electrons. The Morgan fingerprint density at radius 1 is 0.436 bits per heavy atom. The number of aromatic nitrogens is 2. The van der Waals surface area contributed by atoms with E-state index in [0.29, 0.717) is 0 Å². The average Bonchev–Trinajstić information content (AvgIpc) is 3.37. The number of anilines is 4. The molecule has 3 aliphatic heterocycles. The predicted molar refractivity (Wildman–Crippen MR) is 160 cm³/mol. The third kappa shape index (κ3) is 2.79. The molecule has 1 aromatic heterocycles. The van der Waals surface area contributed by atoms with Crippen molar-refractivity contribution in [3.8, 4) is 44.5 Å². The first-order valence-corrected chi connectivity index (χ1v) is 13.3. The van der Waals surface area contributed by atoms with Gasteiger partial charge in [-0.15, -0.1) is 0 Å². The maximum absolute atomic E-state index is 4.88. The van der Waals surface area contributed by atoms with Gasteiger partial charge in [-0.3, -0.25) is 0 Å². The van der Waals surface area contributed by atoms with Gasteiger partial charge in [-0.25, -0.2) is 9.97 Å². The first-order chi connectivity index (χ1) is 19.4. The highest BCUT2D eigenvalue weighted by Crippen LogP contribution is 2.54. The maximum Gasteiger partial charge on any atom is 0.424 e. The molecule has 0 bridgehead atoms. The molecular formula is C34H21BN4. The number of nitrogens with zero attached hydrogens (tertiary/aromatic N) is 4. The molecule has 3 aliphatic rings. The van der Waals surface area contributed by atoms with Crippen LogP contribution in [0.3, 0.4) is 0 Å². The summed E-state index contributed by atoms with van der Waals surface area (Å²) in [5, 5.41) is 0. The summed E-state index contributed by atoms with van der Waals surface area (Å²) in [4.78, 5) is 14.5. The predicted octanol–water partition coefficient (Wildman–Crippen LogP) is 7.46. The number of rotatable bonds is 2. The van der Waals surface area contributed by atoms with Crippen LogP contribution < -0.4 is 15.1 Å². The number of benzene rings is 5. The van der Waals surface area contributed by atoms with E-state index >= 15 is 0 Å². The Morgan fingerprint density at radius 3 is 1.41 bits per heavy atom. The molecule has 4 heterocycles. The zero-order valence-electron chi connectivity index (χ0n) is 21.0. The van der Waals surface area contributed by atoms with Crippen molar-refractivity contribution in [2.24, 2.45) is 0 Å². The molecule has 39 heavy (non-hydrogen) atoms. The largest absolute Gasteiger partial charge is 0.424 e. The lowest BCUT2D eigenvalue weighted by Crippen LogP contribution is -2.58. The van der Waals surface area contributed by atoms with Crippen LogP contribution in [0, 0.1) is 0 Å². The third-order valence-electron chi connectivity index (χ3n) is 8.28. The molecule has 0 amide bonds. The molecule has 0 aliphatic carbocycles. The van der Waals surface area contributed by atoms with Crippen LogP contribution in [-0.4, -0.2) is 17.0 Å².